The molecule has 2 aliphatic rings. The van der Waals surface area contributed by atoms with Gasteiger partial charge in [-0.3, -0.25) is 0 Å². The van der Waals surface area contributed by atoms with E-state index in [1.54, 1.807) is 0 Å². The van der Waals surface area contributed by atoms with Crippen LogP contribution in [0.4, 0.5) is 0 Å². The highest BCUT2D eigenvalue weighted by molar-refractivity contribution is 9.10. The Bertz CT molecular complexity index is 462. The molecule has 4 unspecified atom stereocenters. The molecule has 1 aliphatic carbocycles. The molecule has 1 saturated carbocycles. The molecule has 0 spiro atoms. The van der Waals surface area contributed by atoms with Gasteiger partial charge in [-0.15, -0.1) is 0 Å². The Hall–Kier alpha value is -0.540. The van der Waals surface area contributed by atoms with Crippen LogP contribution in [-0.4, -0.2) is 18.7 Å². The molecule has 104 valence electrons. The fourth-order valence-electron chi connectivity index (χ4n) is 3.34. The Kier molecular flexibility index (Phi) is 3.86. The molecule has 1 fully saturated rings. The van der Waals surface area contributed by atoms with Crippen molar-refractivity contribution in [1.82, 2.24) is 5.32 Å². The number of nitrogens with one attached hydrogen (secondary N) is 1. The Morgan fingerprint density at radius 2 is 2.16 bits per heavy atom. The summed E-state index contributed by atoms with van der Waals surface area (Å²) in [5, 5.41) is 3.72. The lowest BCUT2D eigenvalue weighted by atomic mass is 9.97. The summed E-state index contributed by atoms with van der Waals surface area (Å²) < 4.78 is 7.14. The van der Waals surface area contributed by atoms with Crippen molar-refractivity contribution in [1.29, 1.82) is 0 Å². The molecule has 3 rings (SSSR count). The molecule has 0 bridgehead atoms. The minimum Gasteiger partial charge on any atom is -0.488 e. The van der Waals surface area contributed by atoms with Crippen LogP contribution in [0.3, 0.4) is 0 Å². The average Bonchev–Trinajstić information content (AvgIpc) is 2.92. The van der Waals surface area contributed by atoms with E-state index in [9.17, 15) is 0 Å². The van der Waals surface area contributed by atoms with Gasteiger partial charge in [-0.1, -0.05) is 29.8 Å². The van der Waals surface area contributed by atoms with Crippen molar-refractivity contribution in [3.63, 3.8) is 0 Å². The lowest BCUT2D eigenvalue weighted by molar-refractivity contribution is 0.214. The zero-order valence-electron chi connectivity index (χ0n) is 11.7. The number of halogens is 1. The largest absolute Gasteiger partial charge is 0.488 e. The van der Waals surface area contributed by atoms with E-state index in [-0.39, 0.29) is 0 Å². The van der Waals surface area contributed by atoms with Gasteiger partial charge in [0.2, 0.25) is 0 Å². The van der Waals surface area contributed by atoms with Gasteiger partial charge in [-0.05, 0) is 48.4 Å². The predicted octanol–water partition coefficient (Wildman–Crippen LogP) is 3.78. The molecule has 2 nitrogen and oxygen atoms in total. The summed E-state index contributed by atoms with van der Waals surface area (Å²) in [5.74, 6) is 2.70. The lowest BCUT2D eigenvalue weighted by Crippen LogP contribution is -2.39. The summed E-state index contributed by atoms with van der Waals surface area (Å²) in [6.07, 6.45) is 4.00. The maximum atomic E-state index is 6.00. The van der Waals surface area contributed by atoms with E-state index in [1.165, 1.54) is 18.4 Å². The highest BCUT2D eigenvalue weighted by Crippen LogP contribution is 2.33. The summed E-state index contributed by atoms with van der Waals surface area (Å²) in [4.78, 5) is 0. The summed E-state index contributed by atoms with van der Waals surface area (Å²) >= 11 is 3.52. The highest BCUT2D eigenvalue weighted by Gasteiger charge is 2.31. The van der Waals surface area contributed by atoms with Crippen molar-refractivity contribution in [2.24, 2.45) is 11.8 Å². The molecule has 1 aromatic rings. The molecule has 0 radical (unpaired) electrons. The highest BCUT2D eigenvalue weighted by atomic mass is 79.9. The van der Waals surface area contributed by atoms with Crippen LogP contribution in [0.1, 0.15) is 32.3 Å². The van der Waals surface area contributed by atoms with Crippen LogP contribution in [0, 0.1) is 11.8 Å². The summed E-state index contributed by atoms with van der Waals surface area (Å²) in [7, 11) is 0. The smallest absolute Gasteiger partial charge is 0.123 e. The van der Waals surface area contributed by atoms with Crippen molar-refractivity contribution < 1.29 is 4.74 Å². The first-order valence-corrected chi connectivity index (χ1v) is 8.11. The fraction of sp³-hybridized carbons (Fsp3) is 0.625. The normalized spacial score (nSPS) is 33.2. The van der Waals surface area contributed by atoms with Gasteiger partial charge in [0.25, 0.3) is 0 Å². The number of rotatable bonds is 3. The van der Waals surface area contributed by atoms with E-state index < -0.39 is 0 Å². The third-order valence-electron chi connectivity index (χ3n) is 4.84. The van der Waals surface area contributed by atoms with Crippen molar-refractivity contribution in [3.05, 3.63) is 28.2 Å². The Morgan fingerprint density at radius 3 is 2.89 bits per heavy atom. The van der Waals surface area contributed by atoms with E-state index in [0.717, 1.165) is 35.0 Å². The molecular formula is C16H22BrNO. The van der Waals surface area contributed by atoms with E-state index in [1.807, 2.05) is 0 Å². The third kappa shape index (κ3) is 2.82. The molecule has 1 aromatic carbocycles. The maximum Gasteiger partial charge on any atom is 0.123 e. The molecule has 0 aromatic heterocycles. The van der Waals surface area contributed by atoms with Gasteiger partial charge in [0.1, 0.15) is 11.9 Å². The standard InChI is InChI=1S/C16H22BrNO/c1-10-3-5-15(11(10)2)18-9-14-8-12-7-13(17)4-6-16(12)19-14/h4,6-7,10-11,14-15,18H,3,5,8-9H2,1-2H3. The Labute approximate surface area is 124 Å². The van der Waals surface area contributed by atoms with Crippen molar-refractivity contribution in [2.45, 2.75) is 45.3 Å². The van der Waals surface area contributed by atoms with Crippen molar-refractivity contribution in [2.75, 3.05) is 6.54 Å². The first kappa shape index (κ1) is 13.4. The zero-order valence-corrected chi connectivity index (χ0v) is 13.2. The van der Waals surface area contributed by atoms with E-state index in [0.29, 0.717) is 12.1 Å². The van der Waals surface area contributed by atoms with E-state index >= 15 is 0 Å². The number of hydrogen-bond acceptors (Lipinski definition) is 2. The second-order valence-corrected chi connectivity index (χ2v) is 7.04. The summed E-state index contributed by atoms with van der Waals surface area (Å²) in [6.45, 7) is 5.70. The summed E-state index contributed by atoms with van der Waals surface area (Å²) in [6, 6.07) is 6.97. The van der Waals surface area contributed by atoms with Gasteiger partial charge in [-0.25, -0.2) is 0 Å². The zero-order chi connectivity index (χ0) is 13.4. The molecule has 1 heterocycles. The van der Waals surface area contributed by atoms with Crippen molar-refractivity contribution in [3.8, 4) is 5.75 Å². The third-order valence-corrected chi connectivity index (χ3v) is 5.33. The van der Waals surface area contributed by atoms with Crippen LogP contribution < -0.4 is 10.1 Å². The van der Waals surface area contributed by atoms with Crippen LogP contribution >= 0.6 is 15.9 Å². The first-order chi connectivity index (χ1) is 9.13. The molecule has 0 amide bonds. The van der Waals surface area contributed by atoms with E-state index in [2.05, 4.69) is 53.3 Å². The van der Waals surface area contributed by atoms with Gasteiger partial charge >= 0.3 is 0 Å². The second-order valence-electron chi connectivity index (χ2n) is 6.12. The second kappa shape index (κ2) is 5.45. The molecule has 0 saturated heterocycles. The molecule has 19 heavy (non-hydrogen) atoms. The molecular weight excluding hydrogens is 302 g/mol. The number of ether oxygens (including phenoxy) is 1. The minimum atomic E-state index is 0.299. The summed E-state index contributed by atoms with van der Waals surface area (Å²) in [5.41, 5.74) is 1.33. The fourth-order valence-corrected chi connectivity index (χ4v) is 3.75. The van der Waals surface area contributed by atoms with Crippen LogP contribution in [0.15, 0.2) is 22.7 Å². The number of fused-ring (bicyclic) bond motifs is 1. The van der Waals surface area contributed by atoms with Crippen LogP contribution in [0.5, 0.6) is 5.75 Å². The average molecular weight is 324 g/mol. The van der Waals surface area contributed by atoms with Gasteiger partial charge in [0, 0.05) is 23.5 Å². The molecule has 1 aliphatic heterocycles. The van der Waals surface area contributed by atoms with Gasteiger partial charge in [-0.2, -0.15) is 0 Å². The topological polar surface area (TPSA) is 21.3 Å². The van der Waals surface area contributed by atoms with Crippen molar-refractivity contribution >= 4 is 15.9 Å². The first-order valence-electron chi connectivity index (χ1n) is 7.32. The number of benzene rings is 1. The predicted molar refractivity (Wildman–Crippen MR) is 81.6 cm³/mol. The SMILES string of the molecule is CC1CCC(NCC2Cc3cc(Br)ccc3O2)C1C. The van der Waals surface area contributed by atoms with Crippen LogP contribution in [0.2, 0.25) is 0 Å². The monoisotopic (exact) mass is 323 g/mol. The maximum absolute atomic E-state index is 6.00. The van der Waals surface area contributed by atoms with Crippen LogP contribution in [-0.2, 0) is 6.42 Å². The Morgan fingerprint density at radius 1 is 1.32 bits per heavy atom. The quantitative estimate of drug-likeness (QED) is 0.914. The number of hydrogen-bond donors (Lipinski definition) is 1. The lowest BCUT2D eigenvalue weighted by Gasteiger charge is -2.21. The molecule has 3 heteroatoms. The van der Waals surface area contributed by atoms with E-state index in [4.69, 9.17) is 4.74 Å². The van der Waals surface area contributed by atoms with Gasteiger partial charge < -0.3 is 10.1 Å². The van der Waals surface area contributed by atoms with Crippen LogP contribution in [0.25, 0.3) is 0 Å². The van der Waals surface area contributed by atoms with Gasteiger partial charge in [0.05, 0.1) is 0 Å². The van der Waals surface area contributed by atoms with Gasteiger partial charge in [0.15, 0.2) is 0 Å². The Balaban J connectivity index is 1.54. The molecule has 1 N–H and O–H groups in total. The minimum absolute atomic E-state index is 0.299. The molecule has 4 atom stereocenters.